The van der Waals surface area contributed by atoms with Crippen molar-refractivity contribution in [1.82, 2.24) is 14.3 Å². The first-order valence-electron chi connectivity index (χ1n) is 11.6. The van der Waals surface area contributed by atoms with E-state index in [-0.39, 0.29) is 17.1 Å². The number of rotatable bonds is 8. The predicted molar refractivity (Wildman–Crippen MR) is 143 cm³/mol. The van der Waals surface area contributed by atoms with Gasteiger partial charge in [0.25, 0.3) is 5.56 Å². The van der Waals surface area contributed by atoms with Gasteiger partial charge >= 0.3 is 0 Å². The first kappa shape index (κ1) is 23.6. The Morgan fingerprint density at radius 3 is 2.33 bits per heavy atom. The van der Waals surface area contributed by atoms with Crippen LogP contribution in [0.2, 0.25) is 0 Å². The molecule has 0 unspecified atom stereocenters. The van der Waals surface area contributed by atoms with Crippen molar-refractivity contribution in [2.75, 3.05) is 5.75 Å². The Bertz CT molecular complexity index is 1590. The van der Waals surface area contributed by atoms with Crippen LogP contribution in [0.15, 0.2) is 101 Å². The molecule has 7 heteroatoms. The molecule has 0 aliphatic rings. The van der Waals surface area contributed by atoms with Crippen LogP contribution in [-0.2, 0) is 6.61 Å². The van der Waals surface area contributed by atoms with Crippen LogP contribution in [0.4, 0.5) is 0 Å². The largest absolute Gasteiger partial charge is 0.409 e. The van der Waals surface area contributed by atoms with E-state index in [0.717, 1.165) is 17.0 Å². The molecule has 180 valence electrons. The van der Waals surface area contributed by atoms with Crippen LogP contribution in [-0.4, -0.2) is 25.8 Å². The Hall–Kier alpha value is -4.10. The molecule has 5 aromatic rings. The highest BCUT2D eigenvalue weighted by molar-refractivity contribution is 7.99. The highest BCUT2D eigenvalue weighted by Gasteiger charge is 2.19. The summed E-state index contributed by atoms with van der Waals surface area (Å²) in [6.45, 7) is 4.20. The number of fused-ring (bicyclic) bond motifs is 1. The first-order valence-corrected chi connectivity index (χ1v) is 12.6. The Morgan fingerprint density at radius 2 is 1.58 bits per heavy atom. The zero-order chi connectivity index (χ0) is 25.1. The monoisotopic (exact) mass is 495 g/mol. The normalized spacial score (nSPS) is 11.1. The first-order chi connectivity index (χ1) is 17.5. The van der Waals surface area contributed by atoms with Crippen LogP contribution in [0, 0.1) is 13.8 Å². The fourth-order valence-electron chi connectivity index (χ4n) is 4.16. The van der Waals surface area contributed by atoms with Crippen LogP contribution < -0.4 is 10.4 Å². The Balaban J connectivity index is 1.41. The van der Waals surface area contributed by atoms with Gasteiger partial charge in [0.05, 0.1) is 33.7 Å². The quantitative estimate of drug-likeness (QED) is 0.164. The van der Waals surface area contributed by atoms with Crippen molar-refractivity contribution in [3.8, 4) is 5.69 Å². The van der Waals surface area contributed by atoms with Crippen molar-refractivity contribution in [2.24, 2.45) is 0 Å². The molecule has 0 saturated carbocycles. The molecule has 5 rings (SSSR count). The summed E-state index contributed by atoms with van der Waals surface area (Å²) in [6, 6.07) is 28.4. The third-order valence-electron chi connectivity index (χ3n) is 5.96. The summed E-state index contributed by atoms with van der Waals surface area (Å²) in [7, 11) is 0. The Kier molecular flexibility index (Phi) is 6.73. The van der Waals surface area contributed by atoms with Crippen molar-refractivity contribution in [3.63, 3.8) is 0 Å². The lowest BCUT2D eigenvalue weighted by Gasteiger charge is -2.13. The van der Waals surface area contributed by atoms with Crippen molar-refractivity contribution >= 4 is 28.4 Å². The Labute approximate surface area is 213 Å². The minimum absolute atomic E-state index is 0.0512. The minimum atomic E-state index is -0.158. The van der Waals surface area contributed by atoms with Gasteiger partial charge in [0.15, 0.2) is 10.9 Å². The van der Waals surface area contributed by atoms with Gasteiger partial charge in [-0.3, -0.25) is 14.2 Å². The van der Waals surface area contributed by atoms with E-state index in [1.54, 1.807) is 15.4 Å². The van der Waals surface area contributed by atoms with Gasteiger partial charge in [0, 0.05) is 5.56 Å². The van der Waals surface area contributed by atoms with E-state index < -0.39 is 0 Å². The number of aromatic nitrogens is 3. The summed E-state index contributed by atoms with van der Waals surface area (Å²) >= 11 is 1.26. The number of ketones is 1. The van der Waals surface area contributed by atoms with Gasteiger partial charge in [0.2, 0.25) is 0 Å². The lowest BCUT2D eigenvalue weighted by molar-refractivity contribution is 0.0881. The predicted octanol–water partition coefficient (Wildman–Crippen LogP) is 5.41. The highest BCUT2D eigenvalue weighted by Crippen LogP contribution is 2.24. The summed E-state index contributed by atoms with van der Waals surface area (Å²) < 4.78 is 3.28. The summed E-state index contributed by atoms with van der Waals surface area (Å²) in [6.07, 6.45) is 0. The number of carbonyl (C=O) groups excluding carboxylic acids is 1. The third kappa shape index (κ3) is 4.70. The molecule has 0 aliphatic heterocycles. The number of thioether (sulfide) groups is 1. The number of aryl methyl sites for hydroxylation is 1. The van der Waals surface area contributed by atoms with Crippen LogP contribution in [0.25, 0.3) is 16.6 Å². The van der Waals surface area contributed by atoms with Crippen LogP contribution >= 0.6 is 11.8 Å². The second kappa shape index (κ2) is 10.3. The maximum absolute atomic E-state index is 13.4. The molecule has 0 bridgehead atoms. The molecule has 2 aromatic heterocycles. The van der Waals surface area contributed by atoms with E-state index in [1.807, 2.05) is 98.8 Å². The minimum Gasteiger partial charge on any atom is -0.409 e. The number of hydrogen-bond donors (Lipinski definition) is 0. The van der Waals surface area contributed by atoms with Crippen LogP contribution in [0.5, 0.6) is 0 Å². The molecule has 0 fully saturated rings. The molecule has 0 atom stereocenters. The van der Waals surface area contributed by atoms with Crippen molar-refractivity contribution in [2.45, 2.75) is 25.6 Å². The Morgan fingerprint density at radius 1 is 0.917 bits per heavy atom. The molecular weight excluding hydrogens is 470 g/mol. The lowest BCUT2D eigenvalue weighted by atomic mass is 10.2. The van der Waals surface area contributed by atoms with E-state index in [0.29, 0.717) is 33.9 Å². The van der Waals surface area contributed by atoms with Gasteiger partial charge in [-0.2, -0.15) is 4.73 Å². The summed E-state index contributed by atoms with van der Waals surface area (Å²) in [4.78, 5) is 37.3. The molecule has 0 amide bonds. The summed E-state index contributed by atoms with van der Waals surface area (Å²) in [5.41, 5.74) is 4.41. The lowest BCUT2D eigenvalue weighted by Crippen LogP contribution is -2.22. The number of para-hydroxylation sites is 2. The number of benzene rings is 3. The third-order valence-corrected chi connectivity index (χ3v) is 6.90. The highest BCUT2D eigenvalue weighted by atomic mass is 32.2. The summed E-state index contributed by atoms with van der Waals surface area (Å²) in [5.74, 6) is 0.0883. The van der Waals surface area contributed by atoms with Gasteiger partial charge in [-0.15, -0.1) is 0 Å². The van der Waals surface area contributed by atoms with Gasteiger partial charge in [-0.05, 0) is 49.7 Å². The average Bonchev–Trinajstić information content (AvgIpc) is 3.20. The number of nitrogens with zero attached hydrogens (tertiary/aromatic N) is 3. The molecule has 0 radical (unpaired) electrons. The molecule has 2 heterocycles. The van der Waals surface area contributed by atoms with Gasteiger partial charge in [-0.25, -0.2) is 4.98 Å². The fourth-order valence-corrected chi connectivity index (χ4v) is 5.06. The second-order valence-electron chi connectivity index (χ2n) is 8.44. The maximum atomic E-state index is 13.4. The molecule has 0 N–H and O–H groups in total. The number of Topliss-reactive ketones (excluding diaryl/α,β-unsaturated/α-hetero) is 1. The molecule has 36 heavy (non-hydrogen) atoms. The molecule has 0 saturated heterocycles. The number of hydrogen-bond acceptors (Lipinski definition) is 5. The van der Waals surface area contributed by atoms with E-state index in [2.05, 4.69) is 0 Å². The van der Waals surface area contributed by atoms with Crippen LogP contribution in [0.1, 0.15) is 27.3 Å². The fraction of sp³-hybridized carbons (Fsp3) is 0.138. The van der Waals surface area contributed by atoms with Gasteiger partial charge in [-0.1, -0.05) is 72.4 Å². The van der Waals surface area contributed by atoms with Gasteiger partial charge in [0.1, 0.15) is 6.61 Å². The molecular formula is C29H25N3O3S. The zero-order valence-corrected chi connectivity index (χ0v) is 20.9. The van der Waals surface area contributed by atoms with E-state index in [9.17, 15) is 9.59 Å². The summed E-state index contributed by atoms with van der Waals surface area (Å²) in [5, 5.41) is 1.02. The van der Waals surface area contributed by atoms with Crippen molar-refractivity contribution < 1.29 is 9.63 Å². The second-order valence-corrected chi connectivity index (χ2v) is 9.38. The van der Waals surface area contributed by atoms with E-state index >= 15 is 0 Å². The number of carbonyl (C=O) groups is 1. The van der Waals surface area contributed by atoms with Crippen molar-refractivity contribution in [1.29, 1.82) is 0 Å². The van der Waals surface area contributed by atoms with E-state index in [1.165, 1.54) is 11.8 Å². The smallest absolute Gasteiger partial charge is 0.266 e. The molecule has 0 aliphatic carbocycles. The molecule has 6 nitrogen and oxygen atoms in total. The maximum Gasteiger partial charge on any atom is 0.266 e. The molecule has 0 spiro atoms. The topological polar surface area (TPSA) is 66.1 Å². The zero-order valence-electron chi connectivity index (χ0n) is 20.0. The van der Waals surface area contributed by atoms with Crippen LogP contribution in [0.3, 0.4) is 0 Å². The average molecular weight is 496 g/mol. The van der Waals surface area contributed by atoms with Gasteiger partial charge < -0.3 is 4.84 Å². The SMILES string of the molecule is Cc1cc(C(=O)CSc2nc3ccccc3c(=O)n2-c2ccccc2)c(C)n1OCc1ccccc1. The standard InChI is InChI=1S/C29H25N3O3S/c1-20-17-25(21(2)32(20)35-18-22-11-5-3-6-12-22)27(33)19-36-29-30-26-16-10-9-15-24(26)28(34)31(29)23-13-7-4-8-14-23/h3-17H,18-19H2,1-2H3. The van der Waals surface area contributed by atoms with E-state index in [4.69, 9.17) is 9.82 Å². The molecule has 3 aromatic carbocycles. The van der Waals surface area contributed by atoms with Crippen molar-refractivity contribution in [3.05, 3.63) is 124 Å².